The van der Waals surface area contributed by atoms with Gasteiger partial charge in [0.15, 0.2) is 0 Å². The van der Waals surface area contributed by atoms with E-state index < -0.39 is 0 Å². The molecular formula is C24H26FN5O3S. The first kappa shape index (κ1) is 22.5. The van der Waals surface area contributed by atoms with Crippen molar-refractivity contribution in [2.24, 2.45) is 5.92 Å². The summed E-state index contributed by atoms with van der Waals surface area (Å²) in [6.07, 6.45) is 2.61. The van der Waals surface area contributed by atoms with Gasteiger partial charge in [-0.1, -0.05) is 0 Å². The van der Waals surface area contributed by atoms with Gasteiger partial charge in [0, 0.05) is 50.9 Å². The van der Waals surface area contributed by atoms with Gasteiger partial charge >= 0.3 is 0 Å². The molecular weight excluding hydrogens is 457 g/mol. The highest BCUT2D eigenvalue weighted by Gasteiger charge is 2.33. The topological polar surface area (TPSA) is 89.6 Å². The number of likely N-dealkylation sites (tertiary alicyclic amines) is 1. The van der Waals surface area contributed by atoms with Crippen molar-refractivity contribution in [3.8, 4) is 0 Å². The highest BCUT2D eigenvalue weighted by atomic mass is 32.1. The molecule has 2 aliphatic rings. The van der Waals surface area contributed by atoms with E-state index in [2.05, 4.69) is 14.9 Å². The second-order valence-electron chi connectivity index (χ2n) is 8.82. The van der Waals surface area contributed by atoms with Crippen molar-refractivity contribution in [2.45, 2.75) is 19.8 Å². The van der Waals surface area contributed by atoms with Crippen LogP contribution in [-0.4, -0.2) is 70.9 Å². The van der Waals surface area contributed by atoms with Gasteiger partial charge in [-0.3, -0.25) is 14.4 Å². The zero-order chi connectivity index (χ0) is 23.8. The number of thiophene rings is 1. The van der Waals surface area contributed by atoms with E-state index in [9.17, 15) is 18.8 Å². The number of aryl methyl sites for hydroxylation is 1. The molecule has 178 valence electrons. The van der Waals surface area contributed by atoms with Crippen LogP contribution in [0, 0.1) is 18.7 Å². The fourth-order valence-electron chi connectivity index (χ4n) is 4.85. The number of halogens is 1. The molecule has 0 atom stereocenters. The Kier molecular flexibility index (Phi) is 6.07. The number of anilines is 1. The van der Waals surface area contributed by atoms with Crippen molar-refractivity contribution in [3.63, 3.8) is 0 Å². The largest absolute Gasteiger partial charge is 0.368 e. The summed E-state index contributed by atoms with van der Waals surface area (Å²) in [7, 11) is 0. The van der Waals surface area contributed by atoms with Crippen LogP contribution >= 0.6 is 11.3 Å². The summed E-state index contributed by atoms with van der Waals surface area (Å²) in [5.41, 5.74) is 1.40. The molecule has 5 rings (SSSR count). The molecule has 4 heterocycles. The SMILES string of the molecule is Cc1c(C(=O)N2CCC(C(=O)N3CCN(c4ccc(F)cc4)CC3)CC2)sc2nc[nH]c(=O)c12. The predicted molar refractivity (Wildman–Crippen MR) is 129 cm³/mol. The number of carbonyl (C=O) groups excluding carboxylic acids is 2. The van der Waals surface area contributed by atoms with Crippen LogP contribution in [0.2, 0.25) is 0 Å². The van der Waals surface area contributed by atoms with Gasteiger partial charge in [-0.2, -0.15) is 0 Å². The number of aromatic nitrogens is 2. The van der Waals surface area contributed by atoms with E-state index in [1.54, 1.807) is 24.0 Å². The Bertz CT molecular complexity index is 1270. The van der Waals surface area contributed by atoms with Crippen molar-refractivity contribution in [1.82, 2.24) is 19.8 Å². The number of nitrogens with one attached hydrogen (secondary N) is 1. The number of piperidine rings is 1. The highest BCUT2D eigenvalue weighted by Crippen LogP contribution is 2.30. The Balaban J connectivity index is 1.17. The minimum absolute atomic E-state index is 0.0885. The molecule has 0 aliphatic carbocycles. The maximum atomic E-state index is 13.2. The Morgan fingerprint density at radius 3 is 2.35 bits per heavy atom. The van der Waals surface area contributed by atoms with Crippen LogP contribution in [0.4, 0.5) is 10.1 Å². The van der Waals surface area contributed by atoms with E-state index in [0.29, 0.717) is 72.8 Å². The number of fused-ring (bicyclic) bond motifs is 1. The van der Waals surface area contributed by atoms with Crippen molar-refractivity contribution in [1.29, 1.82) is 0 Å². The first-order valence-corrected chi connectivity index (χ1v) is 12.3. The predicted octanol–water partition coefficient (Wildman–Crippen LogP) is 2.63. The third kappa shape index (κ3) is 4.18. The van der Waals surface area contributed by atoms with Crippen LogP contribution in [0.1, 0.15) is 28.1 Å². The van der Waals surface area contributed by atoms with Crippen LogP contribution in [0.15, 0.2) is 35.4 Å². The summed E-state index contributed by atoms with van der Waals surface area (Å²) >= 11 is 1.25. The molecule has 10 heteroatoms. The number of hydrogen-bond donors (Lipinski definition) is 1. The molecule has 0 bridgehead atoms. The summed E-state index contributed by atoms with van der Waals surface area (Å²) in [4.78, 5) is 52.1. The van der Waals surface area contributed by atoms with Crippen LogP contribution in [0.5, 0.6) is 0 Å². The highest BCUT2D eigenvalue weighted by molar-refractivity contribution is 7.20. The molecule has 0 saturated carbocycles. The molecule has 1 N–H and O–H groups in total. The zero-order valence-corrected chi connectivity index (χ0v) is 19.7. The Morgan fingerprint density at radius 1 is 1.03 bits per heavy atom. The van der Waals surface area contributed by atoms with Crippen LogP contribution < -0.4 is 10.5 Å². The molecule has 1 aromatic carbocycles. The second kappa shape index (κ2) is 9.17. The number of carbonyl (C=O) groups is 2. The molecule has 2 amide bonds. The van der Waals surface area contributed by atoms with Gasteiger partial charge in [0.1, 0.15) is 10.6 Å². The number of amides is 2. The molecule has 2 saturated heterocycles. The van der Waals surface area contributed by atoms with Crippen molar-refractivity contribution >= 4 is 39.1 Å². The smallest absolute Gasteiger partial charge is 0.264 e. The quantitative estimate of drug-likeness (QED) is 0.619. The lowest BCUT2D eigenvalue weighted by Crippen LogP contribution is -2.52. The zero-order valence-electron chi connectivity index (χ0n) is 18.9. The van der Waals surface area contributed by atoms with Gasteiger partial charge in [0.2, 0.25) is 5.91 Å². The number of H-pyrrole nitrogens is 1. The summed E-state index contributed by atoms with van der Waals surface area (Å²) in [5.74, 6) is -0.289. The maximum absolute atomic E-state index is 13.2. The lowest BCUT2D eigenvalue weighted by molar-refractivity contribution is -0.137. The average molecular weight is 484 g/mol. The molecule has 2 aliphatic heterocycles. The number of benzene rings is 1. The van der Waals surface area contributed by atoms with Crippen molar-refractivity contribution in [3.05, 3.63) is 57.2 Å². The number of aromatic amines is 1. The average Bonchev–Trinajstić information content (AvgIpc) is 3.21. The Morgan fingerprint density at radius 2 is 1.71 bits per heavy atom. The summed E-state index contributed by atoms with van der Waals surface area (Å²) in [6.45, 7) is 5.52. The van der Waals surface area contributed by atoms with Gasteiger partial charge in [-0.25, -0.2) is 9.37 Å². The standard InChI is InChI=1S/C24H26FN5O3S/c1-15-19-21(31)26-14-27-22(19)34-20(15)24(33)29-8-6-16(7-9-29)23(32)30-12-10-28(11-13-30)18-4-2-17(25)3-5-18/h2-5,14,16H,6-13H2,1H3,(H,26,27,31). The van der Waals surface area contributed by atoms with Crippen LogP contribution in [0.25, 0.3) is 10.2 Å². The number of piperazine rings is 1. The molecule has 8 nitrogen and oxygen atoms in total. The van der Waals surface area contributed by atoms with Gasteiger partial charge in [-0.15, -0.1) is 11.3 Å². The molecule has 34 heavy (non-hydrogen) atoms. The van der Waals surface area contributed by atoms with E-state index in [-0.39, 0.29) is 29.1 Å². The number of hydrogen-bond acceptors (Lipinski definition) is 6. The van der Waals surface area contributed by atoms with Crippen molar-refractivity contribution < 1.29 is 14.0 Å². The number of rotatable bonds is 3. The third-order valence-electron chi connectivity index (χ3n) is 6.84. The summed E-state index contributed by atoms with van der Waals surface area (Å²) in [5, 5.41) is 0.473. The Hall–Kier alpha value is -3.27. The van der Waals surface area contributed by atoms with E-state index in [1.165, 1.54) is 29.8 Å². The second-order valence-corrected chi connectivity index (χ2v) is 9.82. The van der Waals surface area contributed by atoms with Crippen LogP contribution in [-0.2, 0) is 4.79 Å². The normalized spacial score (nSPS) is 17.4. The summed E-state index contributed by atoms with van der Waals surface area (Å²) < 4.78 is 13.2. The fraction of sp³-hybridized carbons (Fsp3) is 0.417. The van der Waals surface area contributed by atoms with Crippen molar-refractivity contribution in [2.75, 3.05) is 44.2 Å². The lowest BCUT2D eigenvalue weighted by atomic mass is 9.94. The molecule has 0 radical (unpaired) electrons. The Labute approximate surface area is 200 Å². The monoisotopic (exact) mass is 483 g/mol. The van der Waals surface area contributed by atoms with Crippen LogP contribution in [0.3, 0.4) is 0 Å². The van der Waals surface area contributed by atoms with Gasteiger partial charge in [0.25, 0.3) is 11.5 Å². The third-order valence-corrected chi connectivity index (χ3v) is 8.03. The maximum Gasteiger partial charge on any atom is 0.264 e. The summed E-state index contributed by atoms with van der Waals surface area (Å²) in [6, 6.07) is 6.45. The fourth-order valence-corrected chi connectivity index (χ4v) is 5.97. The van der Waals surface area contributed by atoms with Gasteiger partial charge < -0.3 is 19.7 Å². The van der Waals surface area contributed by atoms with E-state index >= 15 is 0 Å². The molecule has 0 unspecified atom stereocenters. The van der Waals surface area contributed by atoms with Gasteiger partial charge in [-0.05, 0) is 49.6 Å². The molecule has 2 fully saturated rings. The van der Waals surface area contributed by atoms with Gasteiger partial charge in [0.05, 0.1) is 16.6 Å². The first-order chi connectivity index (χ1) is 16.4. The first-order valence-electron chi connectivity index (χ1n) is 11.5. The lowest BCUT2D eigenvalue weighted by Gasteiger charge is -2.39. The minimum atomic E-state index is -0.254. The molecule has 2 aromatic heterocycles. The van der Waals surface area contributed by atoms with E-state index in [4.69, 9.17) is 0 Å². The molecule has 0 spiro atoms. The molecule has 3 aromatic rings. The van der Waals surface area contributed by atoms with E-state index in [0.717, 1.165) is 5.69 Å². The minimum Gasteiger partial charge on any atom is -0.368 e. The number of nitrogens with zero attached hydrogens (tertiary/aromatic N) is 4. The van der Waals surface area contributed by atoms with E-state index in [1.807, 2.05) is 4.90 Å².